The number of esters is 1. The van der Waals surface area contributed by atoms with Gasteiger partial charge in [-0.2, -0.15) is 0 Å². The number of rotatable bonds is 6. The van der Waals surface area contributed by atoms with Crippen molar-refractivity contribution < 1.29 is 32.2 Å². The zero-order valence-corrected chi connectivity index (χ0v) is 18.6. The molecule has 0 spiro atoms. The van der Waals surface area contributed by atoms with Gasteiger partial charge in [0.1, 0.15) is 34.6 Å². The van der Waals surface area contributed by atoms with Gasteiger partial charge in [0.25, 0.3) is 0 Å². The molecule has 1 heterocycles. The van der Waals surface area contributed by atoms with Crippen LogP contribution in [0.15, 0.2) is 54.6 Å². The average Bonchev–Trinajstić information content (AvgIpc) is 3.38. The van der Waals surface area contributed by atoms with Crippen molar-refractivity contribution in [2.24, 2.45) is 0 Å². The zero-order chi connectivity index (χ0) is 23.9. The van der Waals surface area contributed by atoms with Gasteiger partial charge in [0.05, 0.1) is 20.1 Å². The summed E-state index contributed by atoms with van der Waals surface area (Å²) < 4.78 is 61.2. The summed E-state index contributed by atoms with van der Waals surface area (Å²) in [6, 6.07) is 13.7. The molecule has 0 amide bonds. The van der Waals surface area contributed by atoms with Gasteiger partial charge >= 0.3 is 5.97 Å². The molecule has 0 fully saturated rings. The first-order valence-corrected chi connectivity index (χ1v) is 11.1. The summed E-state index contributed by atoms with van der Waals surface area (Å²) in [5, 5.41) is 0. The van der Waals surface area contributed by atoms with Crippen LogP contribution in [0.3, 0.4) is 0 Å². The summed E-state index contributed by atoms with van der Waals surface area (Å²) in [7, 11) is 1.34. The molecule has 1 unspecified atom stereocenters. The van der Waals surface area contributed by atoms with E-state index in [4.69, 9.17) is 14.2 Å². The molecule has 0 aromatic heterocycles. The van der Waals surface area contributed by atoms with Crippen LogP contribution in [0.1, 0.15) is 41.0 Å². The molecule has 3 aromatic carbocycles. The standard InChI is InChI=1S/C27H23F3O4/c1-32-25(31)12-17-15-33-24-13-18(8-9-19(17)24)34-27(14-20-21(28)5-3-6-22(20)29)11-10-16-4-2-7-23(30)26(16)27/h2-9,13,17H,10-12,14-15H2,1H3/t17?,27-/m1/s1. The lowest BCUT2D eigenvalue weighted by Gasteiger charge is -2.32. The molecule has 2 atom stereocenters. The SMILES string of the molecule is COC(=O)CC1COc2cc(O[C@@]3(Cc4c(F)cccc4F)CCc4cccc(F)c43)ccc21. The van der Waals surface area contributed by atoms with Crippen molar-refractivity contribution in [2.45, 2.75) is 37.2 Å². The van der Waals surface area contributed by atoms with E-state index in [1.165, 1.54) is 31.4 Å². The van der Waals surface area contributed by atoms with E-state index in [0.717, 1.165) is 11.1 Å². The van der Waals surface area contributed by atoms with Crippen LogP contribution in [-0.2, 0) is 28.0 Å². The number of carbonyl (C=O) groups excluding carboxylic acids is 1. The topological polar surface area (TPSA) is 44.8 Å². The van der Waals surface area contributed by atoms with E-state index in [2.05, 4.69) is 0 Å². The number of aryl methyl sites for hydroxylation is 1. The predicted octanol–water partition coefficient (Wildman–Crippen LogP) is 5.61. The third kappa shape index (κ3) is 3.89. The van der Waals surface area contributed by atoms with Crippen LogP contribution in [0.5, 0.6) is 11.5 Å². The van der Waals surface area contributed by atoms with E-state index >= 15 is 4.39 Å². The lowest BCUT2D eigenvalue weighted by Crippen LogP contribution is -2.35. The average molecular weight is 468 g/mol. The Morgan fingerprint density at radius 2 is 1.79 bits per heavy atom. The van der Waals surface area contributed by atoms with Crippen molar-refractivity contribution in [1.29, 1.82) is 0 Å². The highest BCUT2D eigenvalue weighted by molar-refractivity contribution is 5.71. The van der Waals surface area contributed by atoms with Gasteiger partial charge < -0.3 is 14.2 Å². The van der Waals surface area contributed by atoms with E-state index in [1.54, 1.807) is 24.3 Å². The molecular weight excluding hydrogens is 445 g/mol. The van der Waals surface area contributed by atoms with Crippen LogP contribution in [0.2, 0.25) is 0 Å². The minimum atomic E-state index is -1.29. The van der Waals surface area contributed by atoms with Crippen molar-refractivity contribution in [3.8, 4) is 11.5 Å². The maximum Gasteiger partial charge on any atom is 0.306 e. The molecule has 0 N–H and O–H groups in total. The van der Waals surface area contributed by atoms with Gasteiger partial charge in [0.15, 0.2) is 0 Å². The van der Waals surface area contributed by atoms with E-state index in [9.17, 15) is 13.6 Å². The molecule has 34 heavy (non-hydrogen) atoms. The van der Waals surface area contributed by atoms with Gasteiger partial charge in [-0.15, -0.1) is 0 Å². The Balaban J connectivity index is 1.52. The maximum absolute atomic E-state index is 15.1. The van der Waals surface area contributed by atoms with E-state index in [1.807, 2.05) is 6.07 Å². The van der Waals surface area contributed by atoms with E-state index in [0.29, 0.717) is 36.5 Å². The van der Waals surface area contributed by atoms with Crippen LogP contribution in [0.25, 0.3) is 0 Å². The fourth-order valence-corrected chi connectivity index (χ4v) is 5.05. The summed E-state index contributed by atoms with van der Waals surface area (Å²) in [4.78, 5) is 11.7. The summed E-state index contributed by atoms with van der Waals surface area (Å²) in [6.07, 6.45) is 0.910. The molecule has 1 aliphatic heterocycles. The monoisotopic (exact) mass is 468 g/mol. The predicted molar refractivity (Wildman–Crippen MR) is 118 cm³/mol. The van der Waals surface area contributed by atoms with E-state index < -0.39 is 23.1 Å². The van der Waals surface area contributed by atoms with Gasteiger partial charge in [-0.25, -0.2) is 13.2 Å². The Morgan fingerprint density at radius 1 is 1.06 bits per heavy atom. The van der Waals surface area contributed by atoms with Crippen LogP contribution in [0.4, 0.5) is 13.2 Å². The van der Waals surface area contributed by atoms with Crippen LogP contribution in [-0.4, -0.2) is 19.7 Å². The lowest BCUT2D eigenvalue weighted by molar-refractivity contribution is -0.141. The number of benzene rings is 3. The molecule has 4 nitrogen and oxygen atoms in total. The molecule has 0 saturated heterocycles. The number of methoxy groups -OCH3 is 1. The number of halogens is 3. The Morgan fingerprint density at radius 3 is 2.56 bits per heavy atom. The first-order valence-electron chi connectivity index (χ1n) is 11.1. The molecule has 176 valence electrons. The molecular formula is C27H23F3O4. The fraction of sp³-hybridized carbons (Fsp3) is 0.296. The van der Waals surface area contributed by atoms with Crippen LogP contribution in [0, 0.1) is 17.5 Å². The van der Waals surface area contributed by atoms with Gasteiger partial charge in [-0.05, 0) is 42.7 Å². The quantitative estimate of drug-likeness (QED) is 0.442. The summed E-state index contributed by atoms with van der Waals surface area (Å²) >= 11 is 0. The highest BCUT2D eigenvalue weighted by Crippen LogP contribution is 2.46. The van der Waals surface area contributed by atoms with E-state index in [-0.39, 0.29) is 30.3 Å². The van der Waals surface area contributed by atoms with Gasteiger partial charge in [-0.3, -0.25) is 4.79 Å². The Bertz CT molecular complexity index is 1240. The van der Waals surface area contributed by atoms with Crippen molar-refractivity contribution in [2.75, 3.05) is 13.7 Å². The smallest absolute Gasteiger partial charge is 0.306 e. The second-order valence-electron chi connectivity index (χ2n) is 8.74. The van der Waals surface area contributed by atoms with Crippen molar-refractivity contribution in [3.05, 3.63) is 94.3 Å². The number of hydrogen-bond donors (Lipinski definition) is 0. The molecule has 1 aliphatic carbocycles. The summed E-state index contributed by atoms with van der Waals surface area (Å²) in [6.45, 7) is 0.330. The maximum atomic E-state index is 15.1. The molecule has 7 heteroatoms. The number of ether oxygens (including phenoxy) is 3. The van der Waals surface area contributed by atoms with Crippen LogP contribution < -0.4 is 9.47 Å². The molecule has 5 rings (SSSR count). The first-order chi connectivity index (χ1) is 16.4. The minimum absolute atomic E-state index is 0.136. The molecule has 0 radical (unpaired) electrons. The highest BCUT2D eigenvalue weighted by Gasteiger charge is 2.45. The number of fused-ring (bicyclic) bond motifs is 2. The molecule has 0 bridgehead atoms. The van der Waals surface area contributed by atoms with Crippen LogP contribution >= 0.6 is 0 Å². The summed E-state index contributed by atoms with van der Waals surface area (Å²) in [5.74, 6) is -1.38. The van der Waals surface area contributed by atoms with Gasteiger partial charge in [0.2, 0.25) is 0 Å². The largest absolute Gasteiger partial charge is 0.492 e. The first kappa shape index (κ1) is 22.3. The Hall–Kier alpha value is -3.48. The molecule has 2 aliphatic rings. The summed E-state index contributed by atoms with van der Waals surface area (Å²) in [5.41, 5.74) is 0.496. The number of carbonyl (C=O) groups is 1. The van der Waals surface area contributed by atoms with Crippen molar-refractivity contribution in [1.82, 2.24) is 0 Å². The van der Waals surface area contributed by atoms with Crippen molar-refractivity contribution in [3.63, 3.8) is 0 Å². The third-order valence-corrected chi connectivity index (χ3v) is 6.70. The lowest BCUT2D eigenvalue weighted by atomic mass is 9.87. The molecule has 3 aromatic rings. The minimum Gasteiger partial charge on any atom is -0.492 e. The van der Waals surface area contributed by atoms with Crippen molar-refractivity contribution >= 4 is 5.97 Å². The number of hydrogen-bond acceptors (Lipinski definition) is 4. The third-order valence-electron chi connectivity index (χ3n) is 6.70. The zero-order valence-electron chi connectivity index (χ0n) is 18.6. The second-order valence-corrected chi connectivity index (χ2v) is 8.74. The normalized spacial score (nSPS) is 20.4. The Kier molecular flexibility index (Phi) is 5.71. The second kappa shape index (κ2) is 8.70. The van der Waals surface area contributed by atoms with Gasteiger partial charge in [-0.1, -0.05) is 24.3 Å². The fourth-order valence-electron chi connectivity index (χ4n) is 5.05. The molecule has 0 saturated carbocycles. The Labute approximate surface area is 195 Å². The van der Waals surface area contributed by atoms with Gasteiger partial charge in [0, 0.05) is 35.1 Å². The highest BCUT2D eigenvalue weighted by atomic mass is 19.1.